The van der Waals surface area contributed by atoms with Crippen LogP contribution in [-0.4, -0.2) is 33.4 Å². The third-order valence-electron chi connectivity index (χ3n) is 4.86. The van der Waals surface area contributed by atoms with Crippen LogP contribution >= 0.6 is 46.6 Å². The van der Waals surface area contributed by atoms with Gasteiger partial charge in [0.15, 0.2) is 5.82 Å². The molecule has 0 saturated heterocycles. The standard InChI is InChI=1S/C25H18Cl3N3O4S/c1-34-21-9-5-16(26)12-18(21)23-29-25(31-30-23)36-22(24(32)33)11-14-2-6-17(7-3-14)35-13-15-4-8-19(27)20(28)10-15/h2-12H,13H2,1H3,(H,32,33)(H,29,30,31)/b22-11-. The predicted molar refractivity (Wildman–Crippen MR) is 142 cm³/mol. The van der Waals surface area contributed by atoms with Crippen molar-refractivity contribution in [3.8, 4) is 22.9 Å². The molecule has 0 radical (unpaired) electrons. The highest BCUT2D eigenvalue weighted by Crippen LogP contribution is 2.33. The van der Waals surface area contributed by atoms with Gasteiger partial charge >= 0.3 is 5.97 Å². The van der Waals surface area contributed by atoms with Crippen LogP contribution in [0.3, 0.4) is 0 Å². The van der Waals surface area contributed by atoms with E-state index in [1.807, 2.05) is 6.07 Å². The number of H-pyrrole nitrogens is 1. The molecule has 0 saturated carbocycles. The van der Waals surface area contributed by atoms with Crippen LogP contribution in [0.5, 0.6) is 11.5 Å². The predicted octanol–water partition coefficient (Wildman–Crippen LogP) is 7.24. The number of nitrogens with zero attached hydrogens (tertiary/aromatic N) is 2. The fraction of sp³-hybridized carbons (Fsp3) is 0.0800. The average Bonchev–Trinajstić information content (AvgIpc) is 3.33. The van der Waals surface area contributed by atoms with E-state index in [0.717, 1.165) is 17.3 Å². The quantitative estimate of drug-likeness (QED) is 0.164. The van der Waals surface area contributed by atoms with Crippen LogP contribution in [0.1, 0.15) is 11.1 Å². The van der Waals surface area contributed by atoms with Crippen molar-refractivity contribution in [1.82, 2.24) is 15.2 Å². The Balaban J connectivity index is 1.46. The minimum Gasteiger partial charge on any atom is -0.496 e. The van der Waals surface area contributed by atoms with Crippen molar-refractivity contribution in [1.29, 1.82) is 0 Å². The Bertz CT molecular complexity index is 1420. The zero-order chi connectivity index (χ0) is 25.7. The highest BCUT2D eigenvalue weighted by Gasteiger charge is 2.16. The Labute approximate surface area is 226 Å². The van der Waals surface area contributed by atoms with Crippen LogP contribution < -0.4 is 9.47 Å². The molecule has 7 nitrogen and oxygen atoms in total. The molecule has 3 aromatic carbocycles. The maximum atomic E-state index is 11.9. The zero-order valence-corrected chi connectivity index (χ0v) is 21.8. The number of ether oxygens (including phenoxy) is 2. The van der Waals surface area contributed by atoms with Gasteiger partial charge in [-0.2, -0.15) is 0 Å². The average molecular weight is 563 g/mol. The van der Waals surface area contributed by atoms with Gasteiger partial charge in [-0.05, 0) is 71.4 Å². The maximum Gasteiger partial charge on any atom is 0.342 e. The Kier molecular flexibility index (Phi) is 8.43. The third kappa shape index (κ3) is 6.53. The number of carbonyl (C=O) groups is 1. The van der Waals surface area contributed by atoms with E-state index in [-0.39, 0.29) is 10.1 Å². The first-order chi connectivity index (χ1) is 17.3. The molecule has 2 N–H and O–H groups in total. The minimum absolute atomic E-state index is 0.0445. The van der Waals surface area contributed by atoms with Gasteiger partial charge in [-0.3, -0.25) is 5.10 Å². The lowest BCUT2D eigenvalue weighted by Gasteiger charge is -2.08. The number of aromatic nitrogens is 3. The largest absolute Gasteiger partial charge is 0.496 e. The van der Waals surface area contributed by atoms with Crippen molar-refractivity contribution in [2.24, 2.45) is 0 Å². The second kappa shape index (κ2) is 11.7. The number of methoxy groups -OCH3 is 1. The summed E-state index contributed by atoms with van der Waals surface area (Å²) >= 11 is 19.0. The molecule has 1 aromatic heterocycles. The van der Waals surface area contributed by atoms with Gasteiger partial charge in [0.05, 0.1) is 22.7 Å². The molecule has 0 aliphatic heterocycles. The molecule has 4 aromatic rings. The van der Waals surface area contributed by atoms with Crippen LogP contribution in [0.15, 0.2) is 70.7 Å². The van der Waals surface area contributed by atoms with Gasteiger partial charge in [0, 0.05) is 5.02 Å². The molecule has 4 rings (SSSR count). The molecule has 0 aliphatic carbocycles. The molecule has 36 heavy (non-hydrogen) atoms. The molecule has 0 amide bonds. The van der Waals surface area contributed by atoms with Crippen LogP contribution in [0.4, 0.5) is 0 Å². The van der Waals surface area contributed by atoms with Gasteiger partial charge in [-0.25, -0.2) is 9.78 Å². The number of thioether (sulfide) groups is 1. The first-order valence-corrected chi connectivity index (χ1v) is 12.3. The molecular formula is C25H18Cl3N3O4S. The summed E-state index contributed by atoms with van der Waals surface area (Å²) in [4.78, 5) is 16.3. The summed E-state index contributed by atoms with van der Waals surface area (Å²) < 4.78 is 11.1. The van der Waals surface area contributed by atoms with Crippen LogP contribution in [0.2, 0.25) is 15.1 Å². The third-order valence-corrected chi connectivity index (χ3v) is 6.71. The van der Waals surface area contributed by atoms with Gasteiger partial charge in [0.1, 0.15) is 23.0 Å². The van der Waals surface area contributed by atoms with Gasteiger partial charge in [0.2, 0.25) is 5.16 Å². The smallest absolute Gasteiger partial charge is 0.342 e. The molecular weight excluding hydrogens is 545 g/mol. The number of halogens is 3. The molecule has 0 spiro atoms. The van der Waals surface area contributed by atoms with E-state index >= 15 is 0 Å². The Morgan fingerprint density at radius 1 is 1.06 bits per heavy atom. The van der Waals surface area contributed by atoms with Gasteiger partial charge in [-0.1, -0.05) is 53.0 Å². The maximum absolute atomic E-state index is 11.9. The fourth-order valence-electron chi connectivity index (χ4n) is 3.12. The normalized spacial score (nSPS) is 11.4. The van der Waals surface area contributed by atoms with Gasteiger partial charge in [0.25, 0.3) is 0 Å². The van der Waals surface area contributed by atoms with Crippen LogP contribution in [0, 0.1) is 0 Å². The number of nitrogens with one attached hydrogen (secondary N) is 1. The van der Waals surface area contributed by atoms with Crippen molar-refractivity contribution < 1.29 is 19.4 Å². The van der Waals surface area contributed by atoms with Gasteiger partial charge < -0.3 is 14.6 Å². The summed E-state index contributed by atoms with van der Waals surface area (Å²) in [5, 5.41) is 18.3. The van der Waals surface area contributed by atoms with Crippen molar-refractivity contribution in [2.45, 2.75) is 11.8 Å². The van der Waals surface area contributed by atoms with E-state index in [0.29, 0.717) is 50.1 Å². The SMILES string of the molecule is COc1ccc(Cl)cc1-c1nc(S/C(=C\c2ccc(OCc3ccc(Cl)c(Cl)c3)cc2)C(=O)O)n[nH]1. The van der Waals surface area contributed by atoms with E-state index < -0.39 is 5.97 Å². The molecule has 0 atom stereocenters. The summed E-state index contributed by atoms with van der Waals surface area (Å²) in [7, 11) is 1.54. The number of aromatic amines is 1. The van der Waals surface area contributed by atoms with E-state index in [4.69, 9.17) is 44.3 Å². The zero-order valence-electron chi connectivity index (χ0n) is 18.7. The number of carboxylic acid groups (broad SMARTS) is 1. The summed E-state index contributed by atoms with van der Waals surface area (Å²) in [5.74, 6) is 0.482. The lowest BCUT2D eigenvalue weighted by molar-refractivity contribution is -0.131. The van der Waals surface area contributed by atoms with E-state index in [9.17, 15) is 9.90 Å². The highest BCUT2D eigenvalue weighted by molar-refractivity contribution is 8.04. The fourth-order valence-corrected chi connectivity index (χ4v) is 4.32. The molecule has 1 heterocycles. The lowest BCUT2D eigenvalue weighted by Crippen LogP contribution is -1.98. The molecule has 184 valence electrons. The Morgan fingerprint density at radius 2 is 1.83 bits per heavy atom. The van der Waals surface area contributed by atoms with Gasteiger partial charge in [-0.15, -0.1) is 5.10 Å². The number of aliphatic carboxylic acids is 1. The number of carboxylic acids is 1. The molecule has 11 heteroatoms. The summed E-state index contributed by atoms with van der Waals surface area (Å²) in [6, 6.07) is 17.4. The summed E-state index contributed by atoms with van der Waals surface area (Å²) in [6.07, 6.45) is 1.53. The van der Waals surface area contributed by atoms with Crippen molar-refractivity contribution in [3.05, 3.63) is 91.8 Å². The summed E-state index contributed by atoms with van der Waals surface area (Å²) in [5.41, 5.74) is 2.16. The van der Waals surface area contributed by atoms with E-state index in [1.54, 1.807) is 54.6 Å². The van der Waals surface area contributed by atoms with Crippen molar-refractivity contribution in [3.63, 3.8) is 0 Å². The number of hydrogen-bond acceptors (Lipinski definition) is 6. The van der Waals surface area contributed by atoms with E-state index in [2.05, 4.69) is 15.2 Å². The van der Waals surface area contributed by atoms with Crippen LogP contribution in [0.25, 0.3) is 17.5 Å². The number of benzene rings is 3. The Morgan fingerprint density at radius 3 is 2.53 bits per heavy atom. The molecule has 0 aliphatic rings. The monoisotopic (exact) mass is 561 g/mol. The van der Waals surface area contributed by atoms with E-state index in [1.165, 1.54) is 13.2 Å². The molecule has 0 bridgehead atoms. The summed E-state index contributed by atoms with van der Waals surface area (Å²) in [6.45, 7) is 0.312. The van der Waals surface area contributed by atoms with Crippen molar-refractivity contribution in [2.75, 3.05) is 7.11 Å². The van der Waals surface area contributed by atoms with Crippen LogP contribution in [-0.2, 0) is 11.4 Å². The first kappa shape index (κ1) is 25.9. The second-order valence-corrected chi connectivity index (χ2v) is 9.59. The van der Waals surface area contributed by atoms with Crippen molar-refractivity contribution >= 4 is 58.6 Å². The number of hydrogen-bond donors (Lipinski definition) is 2. The second-order valence-electron chi connectivity index (χ2n) is 7.33. The molecule has 0 unspecified atom stereocenters. The number of rotatable bonds is 9. The first-order valence-electron chi connectivity index (χ1n) is 10.4. The lowest BCUT2D eigenvalue weighted by atomic mass is 10.2. The highest BCUT2D eigenvalue weighted by atomic mass is 35.5. The molecule has 0 fully saturated rings. The topological polar surface area (TPSA) is 97.3 Å². The minimum atomic E-state index is -1.10. The Hall–Kier alpha value is -3.17.